The molecule has 0 radical (unpaired) electrons. The van der Waals surface area contributed by atoms with E-state index in [0.717, 1.165) is 17.9 Å². The summed E-state index contributed by atoms with van der Waals surface area (Å²) < 4.78 is 11.1. The Bertz CT molecular complexity index is 291. The highest BCUT2D eigenvalue weighted by Crippen LogP contribution is 2.43. The number of hydrogen-bond donors (Lipinski definition) is 0. The molecule has 0 N–H and O–H groups in total. The van der Waals surface area contributed by atoms with Gasteiger partial charge >= 0.3 is 0 Å². The van der Waals surface area contributed by atoms with Crippen molar-refractivity contribution in [1.82, 2.24) is 0 Å². The molecule has 0 bridgehead atoms. The van der Waals surface area contributed by atoms with Crippen LogP contribution in [0.2, 0.25) is 0 Å². The van der Waals surface area contributed by atoms with Crippen LogP contribution in [0.15, 0.2) is 0 Å². The topological polar surface area (TPSA) is 18.5 Å². The molecule has 1 aromatic rings. The maximum Gasteiger partial charge on any atom is 0.175 e. The van der Waals surface area contributed by atoms with Crippen LogP contribution in [0.4, 0.5) is 0 Å². The minimum atomic E-state index is 0.688. The second kappa shape index (κ2) is 2.98. The Balaban J connectivity index is 2.47. The summed E-state index contributed by atoms with van der Waals surface area (Å²) in [7, 11) is 0. The molecular weight excluding hydrogens is 172 g/mol. The molecule has 0 fully saturated rings. The summed E-state index contributed by atoms with van der Waals surface area (Å²) in [6.45, 7) is 5.60. The third-order valence-corrected chi connectivity index (χ3v) is 3.16. The zero-order valence-electron chi connectivity index (χ0n) is 7.35. The SMILES string of the molecule is CCc1sc(C)c2c1OCCO2. The predicted octanol–water partition coefficient (Wildman–Crippen LogP) is 2.39. The highest BCUT2D eigenvalue weighted by molar-refractivity contribution is 7.12. The molecule has 0 amide bonds. The first-order valence-electron chi connectivity index (χ1n) is 4.20. The molecular formula is C9H12O2S. The van der Waals surface area contributed by atoms with E-state index >= 15 is 0 Å². The van der Waals surface area contributed by atoms with Crippen molar-refractivity contribution >= 4 is 11.3 Å². The molecule has 0 spiro atoms. The van der Waals surface area contributed by atoms with Crippen LogP contribution in [0.3, 0.4) is 0 Å². The normalized spacial score (nSPS) is 14.8. The van der Waals surface area contributed by atoms with Crippen molar-refractivity contribution in [2.75, 3.05) is 13.2 Å². The summed E-state index contributed by atoms with van der Waals surface area (Å²) in [5.41, 5.74) is 0. The van der Waals surface area contributed by atoms with Crippen molar-refractivity contribution in [2.45, 2.75) is 20.3 Å². The van der Waals surface area contributed by atoms with E-state index in [2.05, 4.69) is 13.8 Å². The molecule has 1 aliphatic heterocycles. The second-order valence-electron chi connectivity index (χ2n) is 2.79. The first-order chi connectivity index (χ1) is 5.83. The Morgan fingerprint density at radius 1 is 1.25 bits per heavy atom. The number of aryl methyl sites for hydroxylation is 2. The number of thiophene rings is 1. The van der Waals surface area contributed by atoms with Crippen molar-refractivity contribution < 1.29 is 9.47 Å². The van der Waals surface area contributed by atoms with Gasteiger partial charge in [-0.25, -0.2) is 0 Å². The number of ether oxygens (including phenoxy) is 2. The Hall–Kier alpha value is -0.700. The van der Waals surface area contributed by atoms with Crippen molar-refractivity contribution in [3.05, 3.63) is 9.75 Å². The Morgan fingerprint density at radius 3 is 2.58 bits per heavy atom. The van der Waals surface area contributed by atoms with Gasteiger partial charge in [0.05, 0.1) is 4.88 Å². The summed E-state index contributed by atoms with van der Waals surface area (Å²) in [6, 6.07) is 0. The number of hydrogen-bond acceptors (Lipinski definition) is 3. The third-order valence-electron chi connectivity index (χ3n) is 1.95. The van der Waals surface area contributed by atoms with Crippen LogP contribution in [-0.4, -0.2) is 13.2 Å². The van der Waals surface area contributed by atoms with Crippen LogP contribution in [0.25, 0.3) is 0 Å². The molecule has 3 heteroatoms. The molecule has 0 saturated carbocycles. The first kappa shape index (κ1) is 7.92. The lowest BCUT2D eigenvalue weighted by atomic mass is 10.3. The van der Waals surface area contributed by atoms with Gasteiger partial charge in [-0.1, -0.05) is 6.92 Å². The summed E-state index contributed by atoms with van der Waals surface area (Å²) in [4.78, 5) is 2.55. The van der Waals surface area contributed by atoms with E-state index in [9.17, 15) is 0 Å². The quantitative estimate of drug-likeness (QED) is 0.667. The molecule has 0 aromatic carbocycles. The lowest BCUT2D eigenvalue weighted by Gasteiger charge is -2.16. The largest absolute Gasteiger partial charge is 0.485 e. The molecule has 66 valence electrons. The van der Waals surface area contributed by atoms with Gasteiger partial charge in [0.25, 0.3) is 0 Å². The molecule has 1 aromatic heterocycles. The maximum absolute atomic E-state index is 5.55. The van der Waals surface area contributed by atoms with E-state index in [0.29, 0.717) is 13.2 Å². The highest BCUT2D eigenvalue weighted by atomic mass is 32.1. The van der Waals surface area contributed by atoms with Gasteiger partial charge in [-0.2, -0.15) is 0 Å². The van der Waals surface area contributed by atoms with Crippen LogP contribution in [0.5, 0.6) is 11.5 Å². The Kier molecular flexibility index (Phi) is 1.97. The second-order valence-corrected chi connectivity index (χ2v) is 4.10. The lowest BCUT2D eigenvalue weighted by Crippen LogP contribution is -2.15. The molecule has 0 aliphatic carbocycles. The van der Waals surface area contributed by atoms with Crippen LogP contribution in [0.1, 0.15) is 16.7 Å². The highest BCUT2D eigenvalue weighted by Gasteiger charge is 2.20. The van der Waals surface area contributed by atoms with E-state index in [-0.39, 0.29) is 0 Å². The first-order valence-corrected chi connectivity index (χ1v) is 5.02. The third kappa shape index (κ3) is 1.08. The average Bonchev–Trinajstić information content (AvgIpc) is 2.44. The fourth-order valence-corrected chi connectivity index (χ4v) is 2.40. The Labute approximate surface area is 76.1 Å². The van der Waals surface area contributed by atoms with Gasteiger partial charge < -0.3 is 9.47 Å². The minimum absolute atomic E-state index is 0.688. The van der Waals surface area contributed by atoms with Crippen LogP contribution in [0, 0.1) is 6.92 Å². The van der Waals surface area contributed by atoms with Gasteiger partial charge in [-0.05, 0) is 13.3 Å². The van der Waals surface area contributed by atoms with Gasteiger partial charge in [0.1, 0.15) is 13.2 Å². The van der Waals surface area contributed by atoms with Gasteiger partial charge in [-0.15, -0.1) is 11.3 Å². The van der Waals surface area contributed by atoms with Crippen molar-refractivity contribution in [1.29, 1.82) is 0 Å². The molecule has 2 nitrogen and oxygen atoms in total. The van der Waals surface area contributed by atoms with E-state index in [1.54, 1.807) is 11.3 Å². The maximum atomic E-state index is 5.55. The van der Waals surface area contributed by atoms with E-state index in [4.69, 9.17) is 9.47 Å². The summed E-state index contributed by atoms with van der Waals surface area (Å²) in [6.07, 6.45) is 1.03. The minimum Gasteiger partial charge on any atom is -0.485 e. The molecule has 0 atom stereocenters. The smallest absolute Gasteiger partial charge is 0.175 e. The summed E-state index contributed by atoms with van der Waals surface area (Å²) >= 11 is 1.78. The fourth-order valence-electron chi connectivity index (χ4n) is 1.40. The fraction of sp³-hybridized carbons (Fsp3) is 0.556. The van der Waals surface area contributed by atoms with Crippen molar-refractivity contribution in [3.8, 4) is 11.5 Å². The molecule has 1 aliphatic rings. The molecule has 2 rings (SSSR count). The molecule has 2 heterocycles. The lowest BCUT2D eigenvalue weighted by molar-refractivity contribution is 0.171. The molecule has 0 unspecified atom stereocenters. The van der Waals surface area contributed by atoms with Crippen LogP contribution < -0.4 is 9.47 Å². The van der Waals surface area contributed by atoms with Crippen LogP contribution >= 0.6 is 11.3 Å². The summed E-state index contributed by atoms with van der Waals surface area (Å²) in [5.74, 6) is 1.97. The van der Waals surface area contributed by atoms with E-state index < -0.39 is 0 Å². The zero-order valence-corrected chi connectivity index (χ0v) is 8.16. The summed E-state index contributed by atoms with van der Waals surface area (Å²) in [5, 5.41) is 0. The van der Waals surface area contributed by atoms with E-state index in [1.165, 1.54) is 9.75 Å². The molecule has 0 saturated heterocycles. The van der Waals surface area contributed by atoms with E-state index in [1.807, 2.05) is 0 Å². The van der Waals surface area contributed by atoms with Gasteiger partial charge in [0.15, 0.2) is 11.5 Å². The van der Waals surface area contributed by atoms with Crippen molar-refractivity contribution in [2.24, 2.45) is 0 Å². The van der Waals surface area contributed by atoms with Crippen LogP contribution in [-0.2, 0) is 6.42 Å². The Morgan fingerprint density at radius 2 is 1.92 bits per heavy atom. The monoisotopic (exact) mass is 184 g/mol. The number of fused-ring (bicyclic) bond motifs is 1. The predicted molar refractivity (Wildman–Crippen MR) is 49.4 cm³/mol. The zero-order chi connectivity index (χ0) is 8.55. The van der Waals surface area contributed by atoms with Crippen molar-refractivity contribution in [3.63, 3.8) is 0 Å². The molecule has 12 heavy (non-hydrogen) atoms. The average molecular weight is 184 g/mol. The van der Waals surface area contributed by atoms with Gasteiger partial charge in [0, 0.05) is 4.88 Å². The van der Waals surface area contributed by atoms with Gasteiger partial charge in [0.2, 0.25) is 0 Å². The number of rotatable bonds is 1. The standard InChI is InChI=1S/C9H12O2S/c1-3-7-9-8(6(2)12-7)10-4-5-11-9/h3-5H2,1-2H3. The van der Waals surface area contributed by atoms with Gasteiger partial charge in [-0.3, -0.25) is 0 Å².